The van der Waals surface area contributed by atoms with Gasteiger partial charge < -0.3 is 9.47 Å². The van der Waals surface area contributed by atoms with Crippen molar-refractivity contribution in [3.63, 3.8) is 0 Å². The Kier molecular flexibility index (Phi) is 6.95. The predicted octanol–water partition coefficient (Wildman–Crippen LogP) is 4.56. The molecule has 0 N–H and O–H groups in total. The maximum atomic E-state index is 12.5. The molecule has 30 heavy (non-hydrogen) atoms. The molecule has 0 saturated carbocycles. The minimum Gasteiger partial charge on any atom is -0.489 e. The highest BCUT2D eigenvalue weighted by atomic mass is 32.2. The Morgan fingerprint density at radius 2 is 1.87 bits per heavy atom. The van der Waals surface area contributed by atoms with E-state index in [0.717, 1.165) is 27.8 Å². The number of hydrogen-bond donors (Lipinski definition) is 0. The number of esters is 1. The van der Waals surface area contributed by atoms with Crippen LogP contribution < -0.4 is 4.74 Å². The fraction of sp³-hybridized carbons (Fsp3) is 0.261. The Morgan fingerprint density at radius 3 is 2.53 bits per heavy atom. The van der Waals surface area contributed by atoms with Crippen LogP contribution in [0, 0.1) is 6.92 Å². The van der Waals surface area contributed by atoms with Crippen LogP contribution in [0.5, 0.6) is 5.75 Å². The maximum Gasteiger partial charge on any atom is 0.326 e. The highest BCUT2D eigenvalue weighted by Crippen LogP contribution is 2.32. The van der Waals surface area contributed by atoms with Crippen LogP contribution in [-0.4, -0.2) is 34.7 Å². The molecule has 0 atom stereocenters. The smallest absolute Gasteiger partial charge is 0.326 e. The first-order valence-electron chi connectivity index (χ1n) is 9.55. The first kappa shape index (κ1) is 21.6. The molecule has 0 unspecified atom stereocenters. The third kappa shape index (κ3) is 5.73. The van der Waals surface area contributed by atoms with Gasteiger partial charge in [-0.15, -0.1) is 0 Å². The van der Waals surface area contributed by atoms with Crippen LogP contribution in [0.2, 0.25) is 0 Å². The van der Waals surface area contributed by atoms with Crippen LogP contribution in [0.3, 0.4) is 0 Å². The molecule has 1 aliphatic rings. The molecule has 1 saturated heterocycles. The average Bonchev–Trinajstić information content (AvgIpc) is 2.94. The highest BCUT2D eigenvalue weighted by molar-refractivity contribution is 8.18. The summed E-state index contributed by atoms with van der Waals surface area (Å²) >= 11 is 0.810. The quantitative estimate of drug-likeness (QED) is 0.478. The number of thioether (sulfide) groups is 1. The van der Waals surface area contributed by atoms with Gasteiger partial charge in [-0.1, -0.05) is 42.0 Å². The highest BCUT2D eigenvalue weighted by Gasteiger charge is 2.36. The Bertz CT molecular complexity index is 981. The Hall–Kier alpha value is -3.06. The maximum absolute atomic E-state index is 12.5. The van der Waals surface area contributed by atoms with E-state index in [4.69, 9.17) is 9.47 Å². The van der Waals surface area contributed by atoms with Gasteiger partial charge in [-0.2, -0.15) is 0 Å². The summed E-state index contributed by atoms with van der Waals surface area (Å²) < 4.78 is 10.8. The topological polar surface area (TPSA) is 72.9 Å². The molecule has 0 bridgehead atoms. The van der Waals surface area contributed by atoms with E-state index >= 15 is 0 Å². The average molecular weight is 426 g/mol. The van der Waals surface area contributed by atoms with Gasteiger partial charge in [-0.05, 0) is 61.9 Å². The number of ether oxygens (including phenoxy) is 2. The number of hydrogen-bond acceptors (Lipinski definition) is 6. The normalized spacial score (nSPS) is 15.2. The fourth-order valence-corrected chi connectivity index (χ4v) is 3.68. The van der Waals surface area contributed by atoms with Gasteiger partial charge in [0.05, 0.1) is 11.0 Å². The summed E-state index contributed by atoms with van der Waals surface area (Å²) in [7, 11) is 0. The third-order valence-electron chi connectivity index (χ3n) is 4.19. The monoisotopic (exact) mass is 425 g/mol. The number of aryl methyl sites for hydroxylation is 1. The predicted molar refractivity (Wildman–Crippen MR) is 116 cm³/mol. The molecule has 2 amide bonds. The van der Waals surface area contributed by atoms with Crippen LogP contribution in [0.4, 0.5) is 4.79 Å². The molecule has 0 aromatic heterocycles. The lowest BCUT2D eigenvalue weighted by atomic mass is 10.1. The number of imide groups is 1. The summed E-state index contributed by atoms with van der Waals surface area (Å²) in [6.07, 6.45) is 1.32. The first-order valence-corrected chi connectivity index (χ1v) is 10.4. The van der Waals surface area contributed by atoms with Gasteiger partial charge in [-0.3, -0.25) is 19.3 Å². The largest absolute Gasteiger partial charge is 0.489 e. The lowest BCUT2D eigenvalue weighted by molar-refractivity contribution is -0.149. The minimum atomic E-state index is -0.608. The number of carbonyl (C=O) groups is 3. The Labute approximate surface area is 179 Å². The molecule has 2 aromatic rings. The lowest BCUT2D eigenvalue weighted by Gasteiger charge is -2.13. The van der Waals surface area contributed by atoms with E-state index in [9.17, 15) is 14.4 Å². The summed E-state index contributed by atoms with van der Waals surface area (Å²) in [5.74, 6) is -0.396. The molecule has 0 radical (unpaired) electrons. The molecule has 2 aromatic carbocycles. The van der Waals surface area contributed by atoms with Crippen molar-refractivity contribution in [2.24, 2.45) is 0 Å². The number of benzene rings is 2. The Morgan fingerprint density at radius 1 is 1.13 bits per heavy atom. The molecule has 7 heteroatoms. The van der Waals surface area contributed by atoms with Crippen LogP contribution >= 0.6 is 11.8 Å². The van der Waals surface area contributed by atoms with E-state index in [1.54, 1.807) is 19.9 Å². The van der Waals surface area contributed by atoms with Crippen LogP contribution in [0.25, 0.3) is 6.08 Å². The standard InChI is InChI=1S/C23H23NO5S/c1-15(2)29-21(25)13-24-22(26)20(30-23(24)27)12-17-7-9-19(10-8-17)28-14-18-6-4-5-16(3)11-18/h4-12,15H,13-14H2,1-3H3/b20-12+. The first-order chi connectivity index (χ1) is 14.3. The second kappa shape index (κ2) is 9.63. The molecule has 156 valence electrons. The van der Waals surface area contributed by atoms with E-state index in [1.165, 1.54) is 5.56 Å². The van der Waals surface area contributed by atoms with Gasteiger partial charge in [0.25, 0.3) is 11.1 Å². The van der Waals surface area contributed by atoms with Gasteiger partial charge in [0.2, 0.25) is 0 Å². The van der Waals surface area contributed by atoms with Gasteiger partial charge in [0.1, 0.15) is 18.9 Å². The molecule has 3 rings (SSSR count). The van der Waals surface area contributed by atoms with Crippen LogP contribution in [0.1, 0.15) is 30.5 Å². The van der Waals surface area contributed by atoms with Gasteiger partial charge >= 0.3 is 5.97 Å². The molecular formula is C23H23NO5S. The second-order valence-corrected chi connectivity index (χ2v) is 8.15. The number of amides is 2. The van der Waals surface area contributed by atoms with Crippen molar-refractivity contribution in [2.75, 3.05) is 6.54 Å². The van der Waals surface area contributed by atoms with Gasteiger partial charge in [-0.25, -0.2) is 0 Å². The van der Waals surface area contributed by atoms with Crippen molar-refractivity contribution < 1.29 is 23.9 Å². The number of carbonyl (C=O) groups excluding carboxylic acids is 3. The van der Waals surface area contributed by atoms with Crippen molar-refractivity contribution in [1.29, 1.82) is 0 Å². The molecule has 6 nitrogen and oxygen atoms in total. The fourth-order valence-electron chi connectivity index (χ4n) is 2.85. The summed E-state index contributed by atoms with van der Waals surface area (Å²) in [5.41, 5.74) is 3.02. The van der Waals surface area contributed by atoms with Crippen molar-refractivity contribution in [1.82, 2.24) is 4.90 Å². The molecule has 0 aliphatic carbocycles. The van der Waals surface area contributed by atoms with E-state index in [2.05, 4.69) is 6.07 Å². The number of rotatable bonds is 7. The molecular weight excluding hydrogens is 402 g/mol. The van der Waals surface area contributed by atoms with Crippen LogP contribution in [0.15, 0.2) is 53.4 Å². The van der Waals surface area contributed by atoms with Gasteiger partial charge in [0.15, 0.2) is 0 Å². The third-order valence-corrected chi connectivity index (χ3v) is 5.10. The summed E-state index contributed by atoms with van der Waals surface area (Å²) in [6.45, 7) is 5.53. The van der Waals surface area contributed by atoms with Crippen molar-refractivity contribution in [3.8, 4) is 5.75 Å². The zero-order chi connectivity index (χ0) is 21.7. The molecule has 1 heterocycles. The second-order valence-electron chi connectivity index (χ2n) is 7.15. The molecule has 1 aliphatic heterocycles. The lowest BCUT2D eigenvalue weighted by Crippen LogP contribution is -2.35. The zero-order valence-corrected chi connectivity index (χ0v) is 17.9. The molecule has 0 spiro atoms. The van der Waals surface area contributed by atoms with E-state index in [0.29, 0.717) is 12.4 Å². The van der Waals surface area contributed by atoms with E-state index < -0.39 is 17.1 Å². The van der Waals surface area contributed by atoms with E-state index in [1.807, 2.05) is 49.4 Å². The molecule has 1 fully saturated rings. The zero-order valence-electron chi connectivity index (χ0n) is 17.1. The SMILES string of the molecule is Cc1cccc(COc2ccc(/C=C3/SC(=O)N(CC(=O)OC(C)C)C3=O)cc2)c1. The Balaban J connectivity index is 1.61. The summed E-state index contributed by atoms with van der Waals surface area (Å²) in [5, 5.41) is -0.481. The van der Waals surface area contributed by atoms with Crippen molar-refractivity contribution >= 4 is 35.0 Å². The van der Waals surface area contributed by atoms with Gasteiger partial charge in [0, 0.05) is 0 Å². The summed E-state index contributed by atoms with van der Waals surface area (Å²) in [4.78, 5) is 37.5. The van der Waals surface area contributed by atoms with Crippen molar-refractivity contribution in [2.45, 2.75) is 33.5 Å². The van der Waals surface area contributed by atoms with Crippen molar-refractivity contribution in [3.05, 3.63) is 70.1 Å². The number of nitrogens with zero attached hydrogens (tertiary/aromatic N) is 1. The summed E-state index contributed by atoms with van der Waals surface area (Å²) in [6, 6.07) is 15.4. The minimum absolute atomic E-state index is 0.269. The van der Waals surface area contributed by atoms with Crippen LogP contribution in [-0.2, 0) is 20.9 Å². The van der Waals surface area contributed by atoms with E-state index in [-0.39, 0.29) is 17.6 Å².